The quantitative estimate of drug-likeness (QED) is 0.834. The predicted octanol–water partition coefficient (Wildman–Crippen LogP) is 1.85. The second kappa shape index (κ2) is 5.30. The summed E-state index contributed by atoms with van der Waals surface area (Å²) in [4.78, 5) is 10.8. The standard InChI is InChI=1S/C13H17NO4S/c1-2-3-10-8-12(10)14-19(17,18)11-6-4-9(5-7-11)13(15)16/h4-7,10,12,14H,2-3,8H2,1H3,(H,15,16). The fourth-order valence-corrected chi connectivity index (χ4v) is 3.44. The molecule has 2 N–H and O–H groups in total. The normalized spacial score (nSPS) is 22.2. The van der Waals surface area contributed by atoms with Gasteiger partial charge < -0.3 is 5.11 Å². The number of rotatable bonds is 6. The molecule has 1 saturated carbocycles. The van der Waals surface area contributed by atoms with Crippen LogP contribution in [0.4, 0.5) is 0 Å². The molecule has 1 aromatic carbocycles. The number of carboxylic acid groups (broad SMARTS) is 1. The minimum Gasteiger partial charge on any atom is -0.478 e. The first-order valence-electron chi connectivity index (χ1n) is 6.29. The summed E-state index contributed by atoms with van der Waals surface area (Å²) < 4.78 is 26.8. The van der Waals surface area contributed by atoms with E-state index in [9.17, 15) is 13.2 Å². The molecule has 0 bridgehead atoms. The summed E-state index contributed by atoms with van der Waals surface area (Å²) in [6, 6.07) is 5.27. The van der Waals surface area contributed by atoms with E-state index in [0.29, 0.717) is 5.92 Å². The van der Waals surface area contributed by atoms with Gasteiger partial charge in [-0.05, 0) is 43.0 Å². The molecule has 0 amide bonds. The van der Waals surface area contributed by atoms with Crippen molar-refractivity contribution in [2.24, 2.45) is 5.92 Å². The molecule has 2 rings (SSSR count). The Bertz CT molecular complexity index is 565. The minimum atomic E-state index is -3.53. The number of aromatic carboxylic acids is 1. The van der Waals surface area contributed by atoms with Gasteiger partial charge in [0.2, 0.25) is 10.0 Å². The van der Waals surface area contributed by atoms with E-state index >= 15 is 0 Å². The topological polar surface area (TPSA) is 83.5 Å². The van der Waals surface area contributed by atoms with Crippen molar-refractivity contribution in [3.8, 4) is 0 Å². The lowest BCUT2D eigenvalue weighted by Crippen LogP contribution is -2.27. The average Bonchev–Trinajstić information content (AvgIpc) is 3.07. The highest BCUT2D eigenvalue weighted by molar-refractivity contribution is 7.89. The highest BCUT2D eigenvalue weighted by atomic mass is 32.2. The smallest absolute Gasteiger partial charge is 0.335 e. The van der Waals surface area contributed by atoms with Gasteiger partial charge in [0.1, 0.15) is 0 Å². The van der Waals surface area contributed by atoms with Crippen LogP contribution in [0.1, 0.15) is 36.5 Å². The lowest BCUT2D eigenvalue weighted by molar-refractivity contribution is 0.0696. The van der Waals surface area contributed by atoms with E-state index in [2.05, 4.69) is 11.6 Å². The molecule has 1 aliphatic carbocycles. The Labute approximate surface area is 112 Å². The van der Waals surface area contributed by atoms with Crippen LogP contribution in [-0.4, -0.2) is 25.5 Å². The Morgan fingerprint density at radius 2 is 2.00 bits per heavy atom. The molecule has 0 spiro atoms. The summed E-state index contributed by atoms with van der Waals surface area (Å²) in [5.41, 5.74) is 0.0780. The Hall–Kier alpha value is -1.40. The Kier molecular flexibility index (Phi) is 3.91. The Balaban J connectivity index is 2.06. The fourth-order valence-electron chi connectivity index (χ4n) is 2.13. The van der Waals surface area contributed by atoms with Gasteiger partial charge in [-0.1, -0.05) is 13.3 Å². The third-order valence-corrected chi connectivity index (χ3v) is 4.81. The maximum Gasteiger partial charge on any atom is 0.335 e. The Morgan fingerprint density at radius 1 is 1.37 bits per heavy atom. The van der Waals surface area contributed by atoms with E-state index in [0.717, 1.165) is 19.3 Å². The number of carbonyl (C=O) groups is 1. The third kappa shape index (κ3) is 3.33. The Morgan fingerprint density at radius 3 is 2.53 bits per heavy atom. The molecule has 0 radical (unpaired) electrons. The van der Waals surface area contributed by atoms with Crippen LogP contribution >= 0.6 is 0 Å². The van der Waals surface area contributed by atoms with E-state index in [-0.39, 0.29) is 16.5 Å². The average molecular weight is 283 g/mol. The molecule has 1 aromatic rings. The van der Waals surface area contributed by atoms with Gasteiger partial charge in [-0.3, -0.25) is 0 Å². The van der Waals surface area contributed by atoms with Crippen molar-refractivity contribution in [3.05, 3.63) is 29.8 Å². The fraction of sp³-hybridized carbons (Fsp3) is 0.462. The predicted molar refractivity (Wildman–Crippen MR) is 70.5 cm³/mol. The molecular weight excluding hydrogens is 266 g/mol. The highest BCUT2D eigenvalue weighted by Crippen LogP contribution is 2.35. The second-order valence-electron chi connectivity index (χ2n) is 4.84. The minimum absolute atomic E-state index is 0.0316. The molecule has 0 aliphatic heterocycles. The van der Waals surface area contributed by atoms with Crippen LogP contribution in [0.3, 0.4) is 0 Å². The van der Waals surface area contributed by atoms with Crippen molar-refractivity contribution in [2.75, 3.05) is 0 Å². The molecule has 0 heterocycles. The van der Waals surface area contributed by atoms with Crippen molar-refractivity contribution < 1.29 is 18.3 Å². The molecule has 0 saturated heterocycles. The van der Waals surface area contributed by atoms with E-state index in [1.807, 2.05) is 0 Å². The third-order valence-electron chi connectivity index (χ3n) is 3.30. The molecule has 5 nitrogen and oxygen atoms in total. The lowest BCUT2D eigenvalue weighted by atomic mass is 10.2. The SMILES string of the molecule is CCCC1CC1NS(=O)(=O)c1ccc(C(=O)O)cc1. The van der Waals surface area contributed by atoms with Crippen LogP contribution in [-0.2, 0) is 10.0 Å². The summed E-state index contributed by atoms with van der Waals surface area (Å²) in [6.07, 6.45) is 2.97. The maximum absolute atomic E-state index is 12.1. The summed E-state index contributed by atoms with van der Waals surface area (Å²) in [7, 11) is -3.53. The molecular formula is C13H17NO4S. The number of sulfonamides is 1. The van der Waals surface area contributed by atoms with E-state index in [1.165, 1.54) is 24.3 Å². The molecule has 19 heavy (non-hydrogen) atoms. The molecule has 0 aromatic heterocycles. The van der Waals surface area contributed by atoms with Gasteiger partial charge in [-0.15, -0.1) is 0 Å². The highest BCUT2D eigenvalue weighted by Gasteiger charge is 2.39. The number of nitrogens with one attached hydrogen (secondary N) is 1. The van der Waals surface area contributed by atoms with E-state index in [1.54, 1.807) is 0 Å². The number of hydrogen-bond acceptors (Lipinski definition) is 3. The summed E-state index contributed by atoms with van der Waals surface area (Å²) in [5.74, 6) is -0.625. The van der Waals surface area contributed by atoms with Crippen molar-refractivity contribution in [3.63, 3.8) is 0 Å². The zero-order valence-corrected chi connectivity index (χ0v) is 11.5. The lowest BCUT2D eigenvalue weighted by Gasteiger charge is -2.06. The molecule has 1 aliphatic rings. The molecule has 104 valence electrons. The van der Waals surface area contributed by atoms with Gasteiger partial charge in [0.15, 0.2) is 0 Å². The van der Waals surface area contributed by atoms with Gasteiger partial charge in [0.05, 0.1) is 10.5 Å². The summed E-state index contributed by atoms with van der Waals surface area (Å²) >= 11 is 0. The maximum atomic E-state index is 12.1. The number of benzene rings is 1. The number of hydrogen-bond donors (Lipinski definition) is 2. The first-order chi connectivity index (χ1) is 8.94. The molecule has 2 unspecified atom stereocenters. The van der Waals surface area contributed by atoms with Gasteiger partial charge in [-0.2, -0.15) is 0 Å². The molecule has 2 atom stereocenters. The number of carboxylic acids is 1. The van der Waals surface area contributed by atoms with Crippen LogP contribution in [0.2, 0.25) is 0 Å². The first kappa shape index (κ1) is 14.0. The largest absolute Gasteiger partial charge is 0.478 e. The first-order valence-corrected chi connectivity index (χ1v) is 7.78. The second-order valence-corrected chi connectivity index (χ2v) is 6.56. The zero-order valence-electron chi connectivity index (χ0n) is 10.7. The van der Waals surface area contributed by atoms with Crippen molar-refractivity contribution in [1.29, 1.82) is 0 Å². The van der Waals surface area contributed by atoms with Crippen LogP contribution < -0.4 is 4.72 Å². The zero-order chi connectivity index (χ0) is 14.0. The van der Waals surface area contributed by atoms with Crippen molar-refractivity contribution in [1.82, 2.24) is 4.72 Å². The van der Waals surface area contributed by atoms with Crippen molar-refractivity contribution in [2.45, 2.75) is 37.1 Å². The van der Waals surface area contributed by atoms with Crippen LogP contribution in [0.5, 0.6) is 0 Å². The van der Waals surface area contributed by atoms with E-state index < -0.39 is 16.0 Å². The molecule has 6 heteroatoms. The van der Waals surface area contributed by atoms with Gasteiger partial charge >= 0.3 is 5.97 Å². The monoisotopic (exact) mass is 283 g/mol. The van der Waals surface area contributed by atoms with E-state index in [4.69, 9.17) is 5.11 Å². The van der Waals surface area contributed by atoms with Crippen LogP contribution in [0, 0.1) is 5.92 Å². The molecule has 1 fully saturated rings. The van der Waals surface area contributed by atoms with Crippen LogP contribution in [0.25, 0.3) is 0 Å². The van der Waals surface area contributed by atoms with Crippen molar-refractivity contribution >= 4 is 16.0 Å². The summed E-state index contributed by atoms with van der Waals surface area (Å²) in [6.45, 7) is 2.08. The summed E-state index contributed by atoms with van der Waals surface area (Å²) in [5, 5.41) is 8.76. The van der Waals surface area contributed by atoms with Gasteiger partial charge in [0.25, 0.3) is 0 Å². The van der Waals surface area contributed by atoms with Gasteiger partial charge in [-0.25, -0.2) is 17.9 Å². The van der Waals surface area contributed by atoms with Gasteiger partial charge in [0, 0.05) is 6.04 Å². The van der Waals surface area contributed by atoms with Crippen LogP contribution in [0.15, 0.2) is 29.2 Å².